The summed E-state index contributed by atoms with van der Waals surface area (Å²) in [5.41, 5.74) is 2.94. The minimum Gasteiger partial charge on any atom is -0.454 e. The lowest BCUT2D eigenvalue weighted by molar-refractivity contribution is -0.132. The summed E-state index contributed by atoms with van der Waals surface area (Å²) in [4.78, 5) is 29.0. The Hall–Kier alpha value is -3.06. The first-order valence-electron chi connectivity index (χ1n) is 10.3. The van der Waals surface area contributed by atoms with Gasteiger partial charge in [-0.2, -0.15) is 0 Å². The van der Waals surface area contributed by atoms with E-state index in [9.17, 15) is 9.59 Å². The molecule has 7 nitrogen and oxygen atoms in total. The number of aryl methyl sites for hydroxylation is 1. The number of hydrogen-bond donors (Lipinski definition) is 1. The van der Waals surface area contributed by atoms with Crippen molar-refractivity contribution in [1.82, 2.24) is 9.80 Å². The Kier molecular flexibility index (Phi) is 6.18. The van der Waals surface area contributed by atoms with Crippen LogP contribution in [0.2, 0.25) is 0 Å². The van der Waals surface area contributed by atoms with Crippen LogP contribution in [0.5, 0.6) is 11.5 Å². The Morgan fingerprint density at radius 2 is 1.77 bits per heavy atom. The maximum atomic E-state index is 12.6. The Bertz CT molecular complexity index is 922. The van der Waals surface area contributed by atoms with Gasteiger partial charge in [0.05, 0.1) is 6.42 Å². The molecule has 0 unspecified atom stereocenters. The molecule has 158 valence electrons. The van der Waals surface area contributed by atoms with E-state index in [0.717, 1.165) is 24.2 Å². The zero-order chi connectivity index (χ0) is 20.9. The van der Waals surface area contributed by atoms with Crippen molar-refractivity contribution in [2.24, 2.45) is 0 Å². The van der Waals surface area contributed by atoms with Crippen LogP contribution in [0, 0.1) is 6.92 Å². The number of anilines is 1. The van der Waals surface area contributed by atoms with Gasteiger partial charge in [-0.05, 0) is 30.2 Å². The number of hydrogen-bond acceptors (Lipinski definition) is 5. The van der Waals surface area contributed by atoms with Crippen LogP contribution in [0.3, 0.4) is 0 Å². The van der Waals surface area contributed by atoms with Crippen LogP contribution >= 0.6 is 0 Å². The average molecular weight is 409 g/mol. The summed E-state index contributed by atoms with van der Waals surface area (Å²) in [7, 11) is 0. The van der Waals surface area contributed by atoms with E-state index in [0.29, 0.717) is 49.7 Å². The predicted molar refractivity (Wildman–Crippen MR) is 114 cm³/mol. The van der Waals surface area contributed by atoms with E-state index in [1.54, 1.807) is 12.1 Å². The largest absolute Gasteiger partial charge is 0.454 e. The van der Waals surface area contributed by atoms with Crippen LogP contribution in [0.15, 0.2) is 42.5 Å². The molecule has 0 aliphatic carbocycles. The van der Waals surface area contributed by atoms with E-state index in [-0.39, 0.29) is 18.6 Å². The maximum Gasteiger partial charge on any atom is 0.231 e. The average Bonchev–Trinajstić information content (AvgIpc) is 3.22. The lowest BCUT2D eigenvalue weighted by Gasteiger charge is -2.34. The summed E-state index contributed by atoms with van der Waals surface area (Å²) in [5.74, 6) is 1.48. The minimum absolute atomic E-state index is 0.0353. The Morgan fingerprint density at radius 3 is 2.57 bits per heavy atom. The van der Waals surface area contributed by atoms with Crippen molar-refractivity contribution in [2.45, 2.75) is 19.8 Å². The number of fused-ring (bicyclic) bond motifs is 1. The molecule has 4 rings (SSSR count). The van der Waals surface area contributed by atoms with Crippen molar-refractivity contribution in [1.29, 1.82) is 0 Å². The molecule has 0 atom stereocenters. The van der Waals surface area contributed by atoms with Gasteiger partial charge in [-0.15, -0.1) is 0 Å². The second kappa shape index (κ2) is 9.17. The fraction of sp³-hybridized carbons (Fsp3) is 0.391. The van der Waals surface area contributed by atoms with Crippen LogP contribution in [-0.2, 0) is 16.0 Å². The smallest absolute Gasteiger partial charge is 0.231 e. The van der Waals surface area contributed by atoms with Crippen LogP contribution in [-0.4, -0.2) is 61.1 Å². The molecule has 0 aromatic heterocycles. The van der Waals surface area contributed by atoms with Crippen molar-refractivity contribution in [2.75, 3.05) is 44.8 Å². The molecule has 0 bridgehead atoms. The molecule has 2 aromatic carbocycles. The molecular weight excluding hydrogens is 382 g/mol. The third-order valence-corrected chi connectivity index (χ3v) is 5.64. The summed E-state index contributed by atoms with van der Waals surface area (Å²) in [6.07, 6.45) is 0.857. The van der Waals surface area contributed by atoms with E-state index in [1.165, 1.54) is 0 Å². The summed E-state index contributed by atoms with van der Waals surface area (Å²) in [6, 6.07) is 13.4. The Labute approximate surface area is 176 Å². The first-order valence-corrected chi connectivity index (χ1v) is 10.3. The number of rotatable bonds is 6. The van der Waals surface area contributed by atoms with Gasteiger partial charge in [0.1, 0.15) is 0 Å². The Balaban J connectivity index is 1.19. The van der Waals surface area contributed by atoms with E-state index in [4.69, 9.17) is 9.47 Å². The third-order valence-electron chi connectivity index (χ3n) is 5.64. The highest BCUT2D eigenvalue weighted by atomic mass is 16.7. The fourth-order valence-electron chi connectivity index (χ4n) is 3.76. The number of nitrogens with zero attached hydrogens (tertiary/aromatic N) is 2. The molecule has 1 saturated heterocycles. The molecule has 0 radical (unpaired) electrons. The molecular formula is C23H27N3O4. The SMILES string of the molecule is Cc1ccccc1CC(=O)N1CCN(CCC(=O)Nc2ccc3c(c2)OCO3)CC1. The zero-order valence-corrected chi connectivity index (χ0v) is 17.2. The van der Waals surface area contributed by atoms with Crippen molar-refractivity contribution in [3.8, 4) is 11.5 Å². The van der Waals surface area contributed by atoms with Gasteiger partial charge in [-0.25, -0.2) is 0 Å². The summed E-state index contributed by atoms with van der Waals surface area (Å²) < 4.78 is 10.6. The van der Waals surface area contributed by atoms with Crippen LogP contribution in [0.25, 0.3) is 0 Å². The number of piperazine rings is 1. The molecule has 1 fully saturated rings. The van der Waals surface area contributed by atoms with Crippen LogP contribution in [0.1, 0.15) is 17.5 Å². The highest BCUT2D eigenvalue weighted by Gasteiger charge is 2.22. The molecule has 0 spiro atoms. The van der Waals surface area contributed by atoms with Gasteiger partial charge in [0, 0.05) is 50.9 Å². The topological polar surface area (TPSA) is 71.1 Å². The highest BCUT2D eigenvalue weighted by molar-refractivity contribution is 5.91. The summed E-state index contributed by atoms with van der Waals surface area (Å²) >= 11 is 0. The number of benzene rings is 2. The van der Waals surface area contributed by atoms with Crippen molar-refractivity contribution >= 4 is 17.5 Å². The maximum absolute atomic E-state index is 12.6. The van der Waals surface area contributed by atoms with Gasteiger partial charge < -0.3 is 19.7 Å². The number of amides is 2. The Morgan fingerprint density at radius 1 is 1.00 bits per heavy atom. The molecule has 30 heavy (non-hydrogen) atoms. The van der Waals surface area contributed by atoms with E-state index in [1.807, 2.05) is 42.2 Å². The first kappa shape index (κ1) is 20.2. The lowest BCUT2D eigenvalue weighted by atomic mass is 10.1. The number of ether oxygens (including phenoxy) is 2. The standard InChI is InChI=1S/C23H27N3O4/c1-17-4-2-3-5-18(17)14-23(28)26-12-10-25(11-13-26)9-8-22(27)24-19-6-7-20-21(15-19)30-16-29-20/h2-7,15H,8-14,16H2,1H3,(H,24,27). The second-order valence-corrected chi connectivity index (χ2v) is 7.69. The lowest BCUT2D eigenvalue weighted by Crippen LogP contribution is -2.49. The molecule has 2 aliphatic heterocycles. The van der Waals surface area contributed by atoms with Gasteiger partial charge in [0.25, 0.3) is 0 Å². The van der Waals surface area contributed by atoms with Gasteiger partial charge in [0.15, 0.2) is 11.5 Å². The molecule has 2 aliphatic rings. The first-order chi connectivity index (χ1) is 14.6. The second-order valence-electron chi connectivity index (χ2n) is 7.69. The van der Waals surface area contributed by atoms with Gasteiger partial charge in [-0.1, -0.05) is 24.3 Å². The molecule has 1 N–H and O–H groups in total. The van der Waals surface area contributed by atoms with Crippen LogP contribution < -0.4 is 14.8 Å². The monoisotopic (exact) mass is 409 g/mol. The number of nitrogens with one attached hydrogen (secondary N) is 1. The van der Waals surface area contributed by atoms with Crippen molar-refractivity contribution in [3.63, 3.8) is 0 Å². The number of carbonyl (C=O) groups is 2. The minimum atomic E-state index is -0.0353. The number of carbonyl (C=O) groups excluding carboxylic acids is 2. The summed E-state index contributed by atoms with van der Waals surface area (Å²) in [6.45, 7) is 5.91. The molecule has 2 aromatic rings. The molecule has 7 heteroatoms. The predicted octanol–water partition coefficient (Wildman–Crippen LogP) is 2.44. The van der Waals surface area contributed by atoms with Gasteiger partial charge >= 0.3 is 0 Å². The quantitative estimate of drug-likeness (QED) is 0.794. The summed E-state index contributed by atoms with van der Waals surface area (Å²) in [5, 5.41) is 2.91. The zero-order valence-electron chi connectivity index (χ0n) is 17.2. The van der Waals surface area contributed by atoms with Crippen LogP contribution in [0.4, 0.5) is 5.69 Å². The van der Waals surface area contributed by atoms with Gasteiger partial charge in [-0.3, -0.25) is 14.5 Å². The van der Waals surface area contributed by atoms with Crippen molar-refractivity contribution < 1.29 is 19.1 Å². The highest BCUT2D eigenvalue weighted by Crippen LogP contribution is 2.34. The fourth-order valence-corrected chi connectivity index (χ4v) is 3.76. The molecule has 2 amide bonds. The van der Waals surface area contributed by atoms with Gasteiger partial charge in [0.2, 0.25) is 18.6 Å². The van der Waals surface area contributed by atoms with E-state index in [2.05, 4.69) is 10.2 Å². The van der Waals surface area contributed by atoms with Crippen molar-refractivity contribution in [3.05, 3.63) is 53.6 Å². The normalized spacial score (nSPS) is 15.8. The molecule has 2 heterocycles. The van der Waals surface area contributed by atoms with E-state index < -0.39 is 0 Å². The third kappa shape index (κ3) is 4.91. The molecule has 0 saturated carbocycles. The van der Waals surface area contributed by atoms with E-state index >= 15 is 0 Å².